The van der Waals surface area contributed by atoms with Gasteiger partial charge >= 0.3 is 0 Å². The standard InChI is InChI=1S/C11H22BrNOS/c1-2-15-10-8-13-6-3-11(4-7-13)14-9-5-12/h11H,2-10H2,1H3. The molecule has 0 radical (unpaired) electrons. The number of likely N-dealkylation sites (tertiary alicyclic amines) is 1. The summed E-state index contributed by atoms with van der Waals surface area (Å²) >= 11 is 5.43. The fourth-order valence-electron chi connectivity index (χ4n) is 1.85. The Labute approximate surface area is 106 Å². The molecule has 0 aromatic rings. The molecule has 1 heterocycles. The van der Waals surface area contributed by atoms with Crippen molar-refractivity contribution in [3.63, 3.8) is 0 Å². The Kier molecular flexibility index (Phi) is 8.15. The van der Waals surface area contributed by atoms with Crippen LogP contribution in [0.25, 0.3) is 0 Å². The van der Waals surface area contributed by atoms with E-state index in [0.29, 0.717) is 6.10 Å². The van der Waals surface area contributed by atoms with Gasteiger partial charge in [0.2, 0.25) is 0 Å². The summed E-state index contributed by atoms with van der Waals surface area (Å²) in [7, 11) is 0. The molecule has 0 N–H and O–H groups in total. The Bertz CT molecular complexity index is 152. The zero-order chi connectivity index (χ0) is 10.9. The van der Waals surface area contributed by atoms with Crippen LogP contribution in [0.3, 0.4) is 0 Å². The number of nitrogens with zero attached hydrogens (tertiary/aromatic N) is 1. The Morgan fingerprint density at radius 2 is 2.13 bits per heavy atom. The minimum atomic E-state index is 0.512. The van der Waals surface area contributed by atoms with Crippen LogP contribution in [0.1, 0.15) is 19.8 Å². The molecular formula is C11H22BrNOS. The molecule has 1 fully saturated rings. The van der Waals surface area contributed by atoms with Gasteiger partial charge in [-0.3, -0.25) is 0 Å². The number of thioether (sulfide) groups is 1. The van der Waals surface area contributed by atoms with Gasteiger partial charge < -0.3 is 9.64 Å². The predicted molar refractivity (Wildman–Crippen MR) is 72.2 cm³/mol. The molecule has 0 aromatic heterocycles. The number of hydrogen-bond donors (Lipinski definition) is 0. The minimum Gasteiger partial charge on any atom is -0.377 e. The molecule has 0 saturated carbocycles. The van der Waals surface area contributed by atoms with Gasteiger partial charge in [-0.1, -0.05) is 22.9 Å². The van der Waals surface area contributed by atoms with Gasteiger partial charge in [0.05, 0.1) is 12.7 Å². The Hall–Kier alpha value is 0.750. The normalized spacial score (nSPS) is 19.6. The maximum absolute atomic E-state index is 5.73. The number of hydrogen-bond acceptors (Lipinski definition) is 3. The van der Waals surface area contributed by atoms with Crippen LogP contribution >= 0.6 is 27.7 Å². The monoisotopic (exact) mass is 295 g/mol. The highest BCUT2D eigenvalue weighted by Gasteiger charge is 2.18. The van der Waals surface area contributed by atoms with Crippen LogP contribution in [0.2, 0.25) is 0 Å². The molecule has 0 aromatic carbocycles. The first-order valence-electron chi connectivity index (χ1n) is 5.84. The van der Waals surface area contributed by atoms with E-state index in [0.717, 1.165) is 11.9 Å². The quantitative estimate of drug-likeness (QED) is 0.529. The summed E-state index contributed by atoms with van der Waals surface area (Å²) in [5.74, 6) is 2.52. The predicted octanol–water partition coefficient (Wildman–Crippen LogP) is 2.62. The van der Waals surface area contributed by atoms with E-state index in [-0.39, 0.29) is 0 Å². The fourth-order valence-corrected chi connectivity index (χ4v) is 2.71. The summed E-state index contributed by atoms with van der Waals surface area (Å²) in [6, 6.07) is 0. The first-order valence-corrected chi connectivity index (χ1v) is 8.12. The molecule has 1 saturated heterocycles. The van der Waals surface area contributed by atoms with Gasteiger partial charge in [0.1, 0.15) is 0 Å². The average molecular weight is 296 g/mol. The second-order valence-corrected chi connectivity index (χ2v) is 5.98. The first kappa shape index (κ1) is 13.8. The van der Waals surface area contributed by atoms with Crippen molar-refractivity contribution in [1.29, 1.82) is 0 Å². The molecular weight excluding hydrogens is 274 g/mol. The highest BCUT2D eigenvalue weighted by molar-refractivity contribution is 9.09. The lowest BCUT2D eigenvalue weighted by Gasteiger charge is -2.31. The number of rotatable bonds is 7. The summed E-state index contributed by atoms with van der Waals surface area (Å²) in [5.41, 5.74) is 0. The molecule has 0 aliphatic carbocycles. The van der Waals surface area contributed by atoms with E-state index < -0.39 is 0 Å². The van der Waals surface area contributed by atoms with Crippen molar-refractivity contribution in [2.24, 2.45) is 0 Å². The first-order chi connectivity index (χ1) is 7.36. The molecule has 0 bridgehead atoms. The third-order valence-electron chi connectivity index (χ3n) is 2.72. The van der Waals surface area contributed by atoms with E-state index >= 15 is 0 Å². The SMILES string of the molecule is CCSCCN1CCC(OCCBr)CC1. The van der Waals surface area contributed by atoms with Crippen molar-refractivity contribution < 1.29 is 4.74 Å². The topological polar surface area (TPSA) is 12.5 Å². The van der Waals surface area contributed by atoms with Crippen LogP contribution in [0.4, 0.5) is 0 Å². The Morgan fingerprint density at radius 1 is 1.40 bits per heavy atom. The molecule has 0 atom stereocenters. The summed E-state index contributed by atoms with van der Waals surface area (Å²) in [6.07, 6.45) is 2.94. The van der Waals surface area contributed by atoms with E-state index in [1.807, 2.05) is 11.8 Å². The van der Waals surface area contributed by atoms with Crippen molar-refractivity contribution in [3.8, 4) is 0 Å². The van der Waals surface area contributed by atoms with Gasteiger partial charge in [-0.05, 0) is 18.6 Å². The molecule has 0 amide bonds. The average Bonchev–Trinajstić information content (AvgIpc) is 2.28. The van der Waals surface area contributed by atoms with Crippen molar-refractivity contribution in [1.82, 2.24) is 4.90 Å². The zero-order valence-electron chi connectivity index (χ0n) is 9.58. The lowest BCUT2D eigenvalue weighted by Crippen LogP contribution is -2.38. The van der Waals surface area contributed by atoms with Crippen LogP contribution in [0.15, 0.2) is 0 Å². The van der Waals surface area contributed by atoms with Gasteiger partial charge in [-0.2, -0.15) is 11.8 Å². The number of halogens is 1. The number of alkyl halides is 1. The van der Waals surface area contributed by atoms with Crippen LogP contribution in [-0.4, -0.2) is 54.1 Å². The lowest BCUT2D eigenvalue weighted by molar-refractivity contribution is 0.0173. The van der Waals surface area contributed by atoms with Crippen molar-refractivity contribution in [2.45, 2.75) is 25.9 Å². The second-order valence-electron chi connectivity index (χ2n) is 3.80. The van der Waals surface area contributed by atoms with Crippen LogP contribution < -0.4 is 0 Å². The molecule has 4 heteroatoms. The van der Waals surface area contributed by atoms with Crippen LogP contribution in [0, 0.1) is 0 Å². The highest BCUT2D eigenvalue weighted by Crippen LogP contribution is 2.14. The number of ether oxygens (including phenoxy) is 1. The van der Waals surface area contributed by atoms with Crippen molar-refractivity contribution in [2.75, 3.05) is 43.1 Å². The second kappa shape index (κ2) is 8.85. The molecule has 1 aliphatic rings. The molecule has 1 aliphatic heterocycles. The third-order valence-corrected chi connectivity index (χ3v) is 3.92. The van der Waals surface area contributed by atoms with Crippen molar-refractivity contribution in [3.05, 3.63) is 0 Å². The van der Waals surface area contributed by atoms with E-state index in [1.165, 1.54) is 44.0 Å². The van der Waals surface area contributed by atoms with E-state index in [1.54, 1.807) is 0 Å². The Balaban J connectivity index is 2.02. The maximum atomic E-state index is 5.73. The largest absolute Gasteiger partial charge is 0.377 e. The molecule has 2 nitrogen and oxygen atoms in total. The van der Waals surface area contributed by atoms with Gasteiger partial charge in [0.15, 0.2) is 0 Å². The van der Waals surface area contributed by atoms with Gasteiger partial charge in [0.25, 0.3) is 0 Å². The van der Waals surface area contributed by atoms with Gasteiger partial charge in [-0.15, -0.1) is 0 Å². The third kappa shape index (κ3) is 6.15. The Morgan fingerprint density at radius 3 is 2.73 bits per heavy atom. The molecule has 15 heavy (non-hydrogen) atoms. The molecule has 0 unspecified atom stereocenters. The van der Waals surface area contributed by atoms with Gasteiger partial charge in [0, 0.05) is 30.7 Å². The van der Waals surface area contributed by atoms with Gasteiger partial charge in [-0.25, -0.2) is 0 Å². The minimum absolute atomic E-state index is 0.512. The fraction of sp³-hybridized carbons (Fsp3) is 1.00. The lowest BCUT2D eigenvalue weighted by atomic mass is 10.1. The number of piperidine rings is 1. The van der Waals surface area contributed by atoms with Crippen molar-refractivity contribution >= 4 is 27.7 Å². The summed E-state index contributed by atoms with van der Waals surface area (Å²) < 4.78 is 5.73. The molecule has 90 valence electrons. The van der Waals surface area contributed by atoms with Crippen LogP contribution in [0.5, 0.6) is 0 Å². The summed E-state index contributed by atoms with van der Waals surface area (Å²) in [6.45, 7) is 6.78. The zero-order valence-corrected chi connectivity index (χ0v) is 12.0. The maximum Gasteiger partial charge on any atom is 0.0599 e. The molecule has 0 spiro atoms. The highest BCUT2D eigenvalue weighted by atomic mass is 79.9. The summed E-state index contributed by atoms with van der Waals surface area (Å²) in [4.78, 5) is 2.57. The van der Waals surface area contributed by atoms with E-state index in [9.17, 15) is 0 Å². The van der Waals surface area contributed by atoms with E-state index in [4.69, 9.17) is 4.74 Å². The molecule has 1 rings (SSSR count). The van der Waals surface area contributed by atoms with E-state index in [2.05, 4.69) is 27.8 Å². The van der Waals surface area contributed by atoms with Crippen LogP contribution in [-0.2, 0) is 4.74 Å². The summed E-state index contributed by atoms with van der Waals surface area (Å²) in [5, 5.41) is 0.959. The smallest absolute Gasteiger partial charge is 0.0599 e.